The summed E-state index contributed by atoms with van der Waals surface area (Å²) in [7, 11) is 0. The molecular formula is C48H82O2S. The largest absolute Gasteiger partial charge is 0.507 e. The zero-order chi connectivity index (χ0) is 36.8. The lowest BCUT2D eigenvalue weighted by Gasteiger charge is -2.20. The van der Waals surface area contributed by atoms with Crippen molar-refractivity contribution in [3.63, 3.8) is 0 Å². The van der Waals surface area contributed by atoms with Crippen molar-refractivity contribution < 1.29 is 10.2 Å². The van der Waals surface area contributed by atoms with Gasteiger partial charge in [-0.1, -0.05) is 206 Å². The smallest absolute Gasteiger partial charge is 0.129 e. The molecule has 0 saturated carbocycles. The summed E-state index contributed by atoms with van der Waals surface area (Å²) in [6.07, 6.45) is 40.7. The van der Waals surface area contributed by atoms with Crippen LogP contribution in [-0.4, -0.2) is 10.2 Å². The minimum atomic E-state index is 0.389. The molecule has 2 N–H and O–H groups in total. The monoisotopic (exact) mass is 723 g/mol. The van der Waals surface area contributed by atoms with Crippen LogP contribution in [0.25, 0.3) is 0 Å². The fourth-order valence-electron chi connectivity index (χ4n) is 7.72. The lowest BCUT2D eigenvalue weighted by atomic mass is 9.95. The molecule has 0 aliphatic carbocycles. The number of phenolic OH excluding ortho intramolecular Hbond substituents is 2. The van der Waals surface area contributed by atoms with Crippen molar-refractivity contribution >= 4 is 11.8 Å². The fraction of sp³-hybridized carbons (Fsp3) is 0.750. The number of rotatable bonds is 34. The summed E-state index contributed by atoms with van der Waals surface area (Å²) in [5, 5.41) is 23.0. The van der Waals surface area contributed by atoms with Crippen molar-refractivity contribution in [3.8, 4) is 11.5 Å². The molecule has 0 aliphatic heterocycles. The van der Waals surface area contributed by atoms with Crippen LogP contribution in [0.15, 0.2) is 34.1 Å². The second-order valence-corrected chi connectivity index (χ2v) is 16.7. The van der Waals surface area contributed by atoms with Crippen LogP contribution in [0.3, 0.4) is 0 Å². The first-order chi connectivity index (χ1) is 25.1. The van der Waals surface area contributed by atoms with Gasteiger partial charge in [-0.25, -0.2) is 0 Å². The Morgan fingerprint density at radius 2 is 0.588 bits per heavy atom. The molecule has 0 amide bonds. The Labute approximate surface area is 321 Å². The summed E-state index contributed by atoms with van der Waals surface area (Å²) < 4.78 is 0. The van der Waals surface area contributed by atoms with Gasteiger partial charge in [-0.3, -0.25) is 0 Å². The van der Waals surface area contributed by atoms with Crippen molar-refractivity contribution in [2.75, 3.05) is 0 Å². The zero-order valence-corrected chi connectivity index (χ0v) is 35.1. The van der Waals surface area contributed by atoms with E-state index in [2.05, 4.69) is 39.8 Å². The molecule has 3 heteroatoms. The van der Waals surface area contributed by atoms with Gasteiger partial charge in [0, 0.05) is 0 Å². The van der Waals surface area contributed by atoms with E-state index in [1.807, 2.05) is 12.1 Å². The molecule has 0 aromatic heterocycles. The summed E-state index contributed by atoms with van der Waals surface area (Å²) in [5.74, 6) is 0.778. The highest BCUT2D eigenvalue weighted by Gasteiger charge is 2.20. The average Bonchev–Trinajstić information content (AvgIpc) is 3.13. The molecule has 2 nitrogen and oxygen atoms in total. The quantitative estimate of drug-likeness (QED) is 0.0707. The Hall–Kier alpha value is -1.61. The van der Waals surface area contributed by atoms with Crippen LogP contribution in [-0.2, 0) is 25.7 Å². The normalized spacial score (nSPS) is 11.5. The number of unbranched alkanes of at least 4 members (excludes halogenated alkanes) is 24. The number of phenols is 2. The molecule has 2 aromatic carbocycles. The van der Waals surface area contributed by atoms with E-state index in [0.717, 1.165) is 35.5 Å². The summed E-state index contributed by atoms with van der Waals surface area (Å²) in [6.45, 7) is 9.16. The molecular weight excluding hydrogens is 641 g/mol. The molecule has 0 radical (unpaired) electrons. The third kappa shape index (κ3) is 19.9. The second-order valence-electron chi connectivity index (χ2n) is 15.7. The Bertz CT molecular complexity index is 1040. The summed E-state index contributed by atoms with van der Waals surface area (Å²) in [5.41, 5.74) is 5.53. The maximum absolute atomic E-state index is 11.5. The van der Waals surface area contributed by atoms with Gasteiger partial charge in [0.1, 0.15) is 11.5 Å². The summed E-state index contributed by atoms with van der Waals surface area (Å²) in [6, 6.07) is 8.32. The minimum Gasteiger partial charge on any atom is -0.507 e. The van der Waals surface area contributed by atoms with E-state index < -0.39 is 0 Å². The molecule has 0 atom stereocenters. The minimum absolute atomic E-state index is 0.389. The molecule has 0 spiro atoms. The van der Waals surface area contributed by atoms with E-state index in [1.165, 1.54) is 202 Å². The van der Waals surface area contributed by atoms with Gasteiger partial charge in [0.15, 0.2) is 0 Å². The molecule has 0 fully saturated rings. The van der Waals surface area contributed by atoms with Crippen LogP contribution in [0.1, 0.15) is 230 Å². The van der Waals surface area contributed by atoms with Gasteiger partial charge in [-0.15, -0.1) is 0 Å². The van der Waals surface area contributed by atoms with Crippen molar-refractivity contribution in [3.05, 3.63) is 46.5 Å². The van der Waals surface area contributed by atoms with Crippen molar-refractivity contribution in [2.45, 2.75) is 243 Å². The molecule has 2 aromatic rings. The first-order valence-electron chi connectivity index (χ1n) is 22.4. The molecule has 0 bridgehead atoms. The van der Waals surface area contributed by atoms with Crippen molar-refractivity contribution in [2.24, 2.45) is 0 Å². The van der Waals surface area contributed by atoms with E-state index in [0.29, 0.717) is 11.5 Å². The second kappa shape index (κ2) is 30.8. The predicted molar refractivity (Wildman–Crippen MR) is 227 cm³/mol. The SMILES string of the molecule is CCCCCCCCCc1ccc(O)c(Sc2c(O)ccc(CCCCCCCCC)c2CCCCCCCCC)c1CCCCCCCCC. The number of hydrogen-bond acceptors (Lipinski definition) is 3. The molecule has 0 unspecified atom stereocenters. The molecule has 292 valence electrons. The number of hydrogen-bond donors (Lipinski definition) is 2. The number of aromatic hydroxyl groups is 2. The Morgan fingerprint density at radius 1 is 0.333 bits per heavy atom. The lowest BCUT2D eigenvalue weighted by molar-refractivity contribution is 0.456. The topological polar surface area (TPSA) is 40.5 Å². The summed E-state index contributed by atoms with van der Waals surface area (Å²) in [4.78, 5) is 2.01. The van der Waals surface area contributed by atoms with Gasteiger partial charge in [-0.05, 0) is 85.8 Å². The Kier molecular flexibility index (Phi) is 27.5. The highest BCUT2D eigenvalue weighted by atomic mass is 32.2. The molecule has 51 heavy (non-hydrogen) atoms. The number of aryl methyl sites for hydroxylation is 2. The number of benzene rings is 2. The van der Waals surface area contributed by atoms with Gasteiger partial charge in [0.25, 0.3) is 0 Å². The van der Waals surface area contributed by atoms with Crippen molar-refractivity contribution in [1.29, 1.82) is 0 Å². The lowest BCUT2D eigenvalue weighted by Crippen LogP contribution is -2.02. The molecule has 0 saturated heterocycles. The first kappa shape index (κ1) is 45.5. The Balaban J connectivity index is 2.31. The molecule has 0 heterocycles. The summed E-state index contributed by atoms with van der Waals surface area (Å²) >= 11 is 1.68. The van der Waals surface area contributed by atoms with Crippen LogP contribution in [0.2, 0.25) is 0 Å². The highest BCUT2D eigenvalue weighted by molar-refractivity contribution is 7.99. The standard InChI is InChI=1S/C48H82O2S/c1-5-9-13-17-21-25-29-33-41-37-39-45(49)47(43(41)35-31-27-23-19-15-11-7-3)51-48-44(36-32-28-24-20-16-12-8-4)42(38-40-46(48)50)34-30-26-22-18-14-10-6-2/h37-40,49-50H,5-36H2,1-4H3. The van der Waals surface area contributed by atoms with Crippen LogP contribution in [0.5, 0.6) is 11.5 Å². The predicted octanol–water partition coefficient (Wildman–Crippen LogP) is 16.4. The van der Waals surface area contributed by atoms with Crippen LogP contribution < -0.4 is 0 Å². The van der Waals surface area contributed by atoms with Crippen LogP contribution in [0, 0.1) is 0 Å². The van der Waals surface area contributed by atoms with Gasteiger partial charge in [0.05, 0.1) is 9.79 Å². The first-order valence-corrected chi connectivity index (χ1v) is 23.2. The highest BCUT2D eigenvalue weighted by Crippen LogP contribution is 2.46. The van der Waals surface area contributed by atoms with Crippen molar-refractivity contribution in [1.82, 2.24) is 0 Å². The maximum Gasteiger partial charge on any atom is 0.129 e. The van der Waals surface area contributed by atoms with Gasteiger partial charge in [-0.2, -0.15) is 0 Å². The fourth-order valence-corrected chi connectivity index (χ4v) is 8.98. The zero-order valence-electron chi connectivity index (χ0n) is 34.2. The Morgan fingerprint density at radius 3 is 0.882 bits per heavy atom. The van der Waals surface area contributed by atoms with E-state index in [4.69, 9.17) is 0 Å². The maximum atomic E-state index is 11.5. The average molecular weight is 723 g/mol. The third-order valence-electron chi connectivity index (χ3n) is 11.0. The van der Waals surface area contributed by atoms with Gasteiger partial charge in [0.2, 0.25) is 0 Å². The van der Waals surface area contributed by atoms with E-state index >= 15 is 0 Å². The van der Waals surface area contributed by atoms with Gasteiger partial charge < -0.3 is 10.2 Å². The third-order valence-corrected chi connectivity index (χ3v) is 12.4. The molecule has 0 aliphatic rings. The van der Waals surface area contributed by atoms with Crippen LogP contribution >= 0.6 is 11.8 Å². The molecule has 2 rings (SSSR count). The van der Waals surface area contributed by atoms with E-state index in [-0.39, 0.29) is 0 Å². The van der Waals surface area contributed by atoms with E-state index in [9.17, 15) is 10.2 Å². The van der Waals surface area contributed by atoms with Crippen LogP contribution in [0.4, 0.5) is 0 Å². The van der Waals surface area contributed by atoms with E-state index in [1.54, 1.807) is 11.8 Å². The van der Waals surface area contributed by atoms with Gasteiger partial charge >= 0.3 is 0 Å².